The molecule has 230 valence electrons. The summed E-state index contributed by atoms with van der Waals surface area (Å²) >= 11 is -1.04. The van der Waals surface area contributed by atoms with Gasteiger partial charge in [-0.1, -0.05) is 0 Å². The van der Waals surface area contributed by atoms with Crippen molar-refractivity contribution < 1.29 is 23.2 Å². The Labute approximate surface area is 293 Å². The summed E-state index contributed by atoms with van der Waals surface area (Å²) in [6.45, 7) is 19.4. The molecule has 0 fully saturated rings. The Kier molecular flexibility index (Phi) is 8.19. The van der Waals surface area contributed by atoms with E-state index in [0.29, 0.717) is 0 Å². The van der Waals surface area contributed by atoms with Gasteiger partial charge in [-0.3, -0.25) is 0 Å². The maximum atomic E-state index is 2.76. The monoisotopic (exact) mass is 742 g/mol. The first kappa shape index (κ1) is 32.8. The van der Waals surface area contributed by atoms with Gasteiger partial charge in [-0.05, 0) is 0 Å². The summed E-state index contributed by atoms with van der Waals surface area (Å²) in [6, 6.07) is 28.7. The molecule has 2 heterocycles. The number of nitrogens with zero attached hydrogens (tertiary/aromatic N) is 2. The fourth-order valence-electron chi connectivity index (χ4n) is 7.99. The van der Waals surface area contributed by atoms with Crippen molar-refractivity contribution in [1.82, 2.24) is 8.47 Å². The quantitative estimate of drug-likeness (QED) is 0.159. The molecule has 0 spiro atoms. The van der Waals surface area contributed by atoms with Crippen LogP contribution in [0.25, 0.3) is 44.3 Å². The van der Waals surface area contributed by atoms with Crippen molar-refractivity contribution in [3.05, 3.63) is 106 Å². The summed E-state index contributed by atoms with van der Waals surface area (Å²) in [7, 11) is -3.28. The SMILES string of the molecule is Cc1ccc2c(c1)c1c(n2[Si](C)(C)C)-c2ccc[c]([Zr][c]3cccc4c3Cc3c-4n([Si](C)(C)C)c4ccc(C)cc34)c2C1.Cl.Cl. The van der Waals surface area contributed by atoms with Gasteiger partial charge >= 0.3 is 271 Å². The first-order valence-corrected chi connectivity index (χ1v) is 25.1. The number of hydrogen-bond donors (Lipinski definition) is 0. The molecule has 2 nitrogen and oxygen atoms in total. The molecule has 45 heavy (non-hydrogen) atoms. The Morgan fingerprint density at radius 1 is 0.533 bits per heavy atom. The van der Waals surface area contributed by atoms with Gasteiger partial charge in [0.05, 0.1) is 0 Å². The van der Waals surface area contributed by atoms with Crippen LogP contribution in [-0.4, -0.2) is 24.9 Å². The second kappa shape index (κ2) is 11.2. The molecular formula is C38H42Cl2N2Si2Zr. The Morgan fingerprint density at radius 3 is 1.31 bits per heavy atom. The number of halogens is 2. The normalized spacial score (nSPS) is 13.2. The number of fused-ring (bicyclic) bond motifs is 10. The largest absolute Gasteiger partial charge is 0.147 e. The van der Waals surface area contributed by atoms with E-state index in [1.807, 2.05) is 0 Å². The molecule has 0 bridgehead atoms. The van der Waals surface area contributed by atoms with Gasteiger partial charge in [0.25, 0.3) is 0 Å². The Bertz CT molecular complexity index is 2010. The van der Waals surface area contributed by atoms with Crippen molar-refractivity contribution in [1.29, 1.82) is 0 Å². The molecule has 8 rings (SSSR count). The third kappa shape index (κ3) is 4.95. The molecule has 7 heteroatoms. The molecule has 6 aromatic rings. The van der Waals surface area contributed by atoms with Crippen LogP contribution in [0.3, 0.4) is 0 Å². The average molecular weight is 745 g/mol. The maximum Gasteiger partial charge on any atom is -0.147 e. The van der Waals surface area contributed by atoms with Crippen LogP contribution < -0.4 is 6.54 Å². The molecule has 0 radical (unpaired) electrons. The van der Waals surface area contributed by atoms with Crippen LogP contribution in [0, 0.1) is 13.8 Å². The second-order valence-electron chi connectivity index (χ2n) is 14.8. The van der Waals surface area contributed by atoms with Gasteiger partial charge in [0.1, 0.15) is 0 Å². The molecule has 2 aliphatic rings. The summed E-state index contributed by atoms with van der Waals surface area (Å²) < 4.78 is 8.85. The zero-order chi connectivity index (χ0) is 30.0. The standard InChI is InChI=1S/2C19H20NSi.2ClH.Zr/c2*1-13-9-10-18-16(11-13)17-12-14-7-5-6-8-15(14)19(17)20(18)21(2,3)4;;;/h2*5-6,8-11H,12H2,1-4H3;2*1H;. The summed E-state index contributed by atoms with van der Waals surface area (Å²) in [4.78, 5) is 0. The smallest absolute Gasteiger partial charge is 0.147 e. The van der Waals surface area contributed by atoms with Crippen molar-refractivity contribution >= 4 is 69.6 Å². The zero-order valence-electron chi connectivity index (χ0n) is 27.6. The first-order chi connectivity index (χ1) is 20.4. The maximum absolute atomic E-state index is 2.76. The van der Waals surface area contributed by atoms with E-state index in [2.05, 4.69) is 134 Å². The molecule has 0 N–H and O–H groups in total. The summed E-state index contributed by atoms with van der Waals surface area (Å²) in [5.41, 5.74) is 18.0. The Balaban J connectivity index is 0.00000179. The second-order valence-corrected chi connectivity index (χ2v) is 27.7. The molecule has 0 saturated carbocycles. The molecule has 0 atom stereocenters. The van der Waals surface area contributed by atoms with Crippen LogP contribution in [0.1, 0.15) is 33.4 Å². The van der Waals surface area contributed by atoms with Crippen LogP contribution in [-0.2, 0) is 36.1 Å². The van der Waals surface area contributed by atoms with Crippen molar-refractivity contribution in [3.63, 3.8) is 0 Å². The van der Waals surface area contributed by atoms with Gasteiger partial charge in [0, 0.05) is 0 Å². The summed E-state index contributed by atoms with van der Waals surface area (Å²) in [6.07, 6.45) is 2.16. The average Bonchev–Trinajstić information content (AvgIpc) is 3.65. The van der Waals surface area contributed by atoms with Crippen LogP contribution in [0.5, 0.6) is 0 Å². The van der Waals surface area contributed by atoms with E-state index in [9.17, 15) is 0 Å². The number of benzene rings is 4. The van der Waals surface area contributed by atoms with E-state index in [1.54, 1.807) is 28.8 Å². The minimum Gasteiger partial charge on any atom is -0.147 e. The molecule has 0 aliphatic heterocycles. The summed E-state index contributed by atoms with van der Waals surface area (Å²) in [5, 5.41) is 2.96. The van der Waals surface area contributed by atoms with E-state index in [0.717, 1.165) is 12.8 Å². The van der Waals surface area contributed by atoms with Gasteiger partial charge in [0.15, 0.2) is 0 Å². The van der Waals surface area contributed by atoms with E-state index < -0.39 is 39.7 Å². The van der Waals surface area contributed by atoms with Crippen LogP contribution >= 0.6 is 24.8 Å². The van der Waals surface area contributed by atoms with Gasteiger partial charge in [-0.2, -0.15) is 0 Å². The topological polar surface area (TPSA) is 9.86 Å². The first-order valence-electron chi connectivity index (χ1n) is 15.7. The van der Waals surface area contributed by atoms with E-state index in [-0.39, 0.29) is 24.8 Å². The minimum absolute atomic E-state index is 0. The van der Waals surface area contributed by atoms with Crippen molar-refractivity contribution in [3.8, 4) is 22.5 Å². The number of hydrogen-bond acceptors (Lipinski definition) is 0. The van der Waals surface area contributed by atoms with Crippen LogP contribution in [0.2, 0.25) is 39.3 Å². The number of aromatic nitrogens is 2. The number of aryl methyl sites for hydroxylation is 2. The van der Waals surface area contributed by atoms with Crippen molar-refractivity contribution in [2.75, 3.05) is 0 Å². The van der Waals surface area contributed by atoms with Gasteiger partial charge in [0.2, 0.25) is 0 Å². The van der Waals surface area contributed by atoms with E-state index >= 15 is 0 Å². The number of rotatable bonds is 4. The third-order valence-corrected chi connectivity index (χ3v) is 16.9. The predicted octanol–water partition coefficient (Wildman–Crippen LogP) is 9.60. The minimum atomic E-state index is -1.64. The zero-order valence-corrected chi connectivity index (χ0v) is 33.6. The third-order valence-electron chi connectivity index (χ3n) is 9.64. The van der Waals surface area contributed by atoms with Crippen LogP contribution in [0.15, 0.2) is 72.8 Å². The van der Waals surface area contributed by atoms with Crippen molar-refractivity contribution in [2.24, 2.45) is 0 Å². The Morgan fingerprint density at radius 2 is 0.933 bits per heavy atom. The molecule has 2 aromatic heterocycles. The van der Waals surface area contributed by atoms with Crippen LogP contribution in [0.4, 0.5) is 0 Å². The fraction of sp³-hybridized carbons (Fsp3) is 0.263. The Hall–Kier alpha value is -2.14. The molecule has 2 aliphatic carbocycles. The van der Waals surface area contributed by atoms with Crippen molar-refractivity contribution in [2.45, 2.75) is 66.0 Å². The van der Waals surface area contributed by atoms with Gasteiger partial charge in [-0.25, -0.2) is 0 Å². The molecule has 0 amide bonds. The summed E-state index contributed by atoms with van der Waals surface area (Å²) in [5.74, 6) is 0. The van der Waals surface area contributed by atoms with Gasteiger partial charge in [-0.15, -0.1) is 24.8 Å². The fourth-order valence-corrected chi connectivity index (χ4v) is 15.1. The molecule has 4 aromatic carbocycles. The predicted molar refractivity (Wildman–Crippen MR) is 201 cm³/mol. The molecule has 0 saturated heterocycles. The van der Waals surface area contributed by atoms with E-state index in [4.69, 9.17) is 0 Å². The van der Waals surface area contributed by atoms with E-state index in [1.165, 1.54) is 55.4 Å². The molecular weight excluding hydrogens is 703 g/mol. The van der Waals surface area contributed by atoms with Gasteiger partial charge < -0.3 is 0 Å². The molecule has 0 unspecified atom stereocenters.